The number of benzene rings is 3. The van der Waals surface area contributed by atoms with Crippen molar-refractivity contribution in [3.8, 4) is 5.75 Å². The molecule has 0 fully saturated rings. The van der Waals surface area contributed by atoms with E-state index in [0.29, 0.717) is 6.61 Å². The highest BCUT2D eigenvalue weighted by molar-refractivity contribution is 5.40. The van der Waals surface area contributed by atoms with Crippen molar-refractivity contribution < 1.29 is 4.74 Å². The van der Waals surface area contributed by atoms with Gasteiger partial charge in [0, 0.05) is 18.4 Å². The van der Waals surface area contributed by atoms with Crippen LogP contribution >= 0.6 is 0 Å². The van der Waals surface area contributed by atoms with Gasteiger partial charge < -0.3 is 10.5 Å². The molecule has 0 saturated heterocycles. The van der Waals surface area contributed by atoms with Crippen molar-refractivity contribution in [3.05, 3.63) is 101 Å². The molecule has 126 valence electrons. The number of rotatable bonds is 5. The van der Waals surface area contributed by atoms with Crippen LogP contribution in [-0.2, 0) is 12.8 Å². The molecule has 2 nitrogen and oxygen atoms in total. The molecule has 1 aliphatic rings. The lowest BCUT2D eigenvalue weighted by atomic mass is 10.00. The summed E-state index contributed by atoms with van der Waals surface area (Å²) in [5, 5.41) is 0. The molecule has 2 heteroatoms. The average molecular weight is 329 g/mol. The van der Waals surface area contributed by atoms with Crippen LogP contribution in [-0.4, -0.2) is 12.6 Å². The summed E-state index contributed by atoms with van der Waals surface area (Å²) in [7, 11) is 0. The van der Waals surface area contributed by atoms with E-state index in [1.165, 1.54) is 22.3 Å². The van der Waals surface area contributed by atoms with Crippen LogP contribution in [0.1, 0.15) is 28.2 Å². The van der Waals surface area contributed by atoms with E-state index in [1.54, 1.807) is 0 Å². The first kappa shape index (κ1) is 15.9. The van der Waals surface area contributed by atoms with Crippen molar-refractivity contribution in [1.29, 1.82) is 0 Å². The van der Waals surface area contributed by atoms with Crippen LogP contribution in [0.2, 0.25) is 0 Å². The zero-order chi connectivity index (χ0) is 17.1. The van der Waals surface area contributed by atoms with Crippen LogP contribution in [0.3, 0.4) is 0 Å². The minimum absolute atomic E-state index is 0.138. The molecule has 0 aromatic heterocycles. The Hall–Kier alpha value is -2.58. The van der Waals surface area contributed by atoms with Gasteiger partial charge in [0.25, 0.3) is 0 Å². The second-order valence-corrected chi connectivity index (χ2v) is 6.75. The third-order valence-electron chi connectivity index (χ3n) is 5.06. The summed E-state index contributed by atoms with van der Waals surface area (Å²) >= 11 is 0. The first-order chi connectivity index (χ1) is 12.3. The molecule has 25 heavy (non-hydrogen) atoms. The van der Waals surface area contributed by atoms with Gasteiger partial charge >= 0.3 is 0 Å². The van der Waals surface area contributed by atoms with Crippen LogP contribution in [0.5, 0.6) is 5.75 Å². The molecule has 3 aromatic carbocycles. The molecule has 0 bridgehead atoms. The zero-order valence-corrected chi connectivity index (χ0v) is 14.3. The maximum atomic E-state index is 6.38. The predicted molar refractivity (Wildman–Crippen MR) is 102 cm³/mol. The Bertz CT molecular complexity index is 843. The zero-order valence-electron chi connectivity index (χ0n) is 14.3. The van der Waals surface area contributed by atoms with Crippen molar-refractivity contribution >= 4 is 0 Å². The van der Waals surface area contributed by atoms with E-state index in [9.17, 15) is 0 Å². The summed E-state index contributed by atoms with van der Waals surface area (Å²) in [4.78, 5) is 0. The molecule has 0 amide bonds. The van der Waals surface area contributed by atoms with Crippen LogP contribution < -0.4 is 10.5 Å². The fraction of sp³-hybridized carbons (Fsp3) is 0.217. The summed E-state index contributed by atoms with van der Waals surface area (Å²) in [6.07, 6.45) is 1.82. The summed E-state index contributed by atoms with van der Waals surface area (Å²) in [5.74, 6) is 1.23. The lowest BCUT2D eigenvalue weighted by Gasteiger charge is -2.19. The smallest absolute Gasteiger partial charge is 0.122 e. The quantitative estimate of drug-likeness (QED) is 0.756. The van der Waals surface area contributed by atoms with Gasteiger partial charge in [-0.05, 0) is 34.7 Å². The predicted octanol–water partition coefficient (Wildman–Crippen LogP) is 4.32. The van der Waals surface area contributed by atoms with Crippen LogP contribution in [0.25, 0.3) is 0 Å². The van der Waals surface area contributed by atoms with Gasteiger partial charge in [-0.3, -0.25) is 0 Å². The Morgan fingerprint density at radius 3 is 2.44 bits per heavy atom. The summed E-state index contributed by atoms with van der Waals surface area (Å²) in [6, 6.07) is 27.5. The summed E-state index contributed by atoms with van der Waals surface area (Å²) < 4.78 is 6.24. The van der Waals surface area contributed by atoms with Crippen molar-refractivity contribution in [2.75, 3.05) is 6.61 Å². The Kier molecular flexibility index (Phi) is 4.53. The maximum Gasteiger partial charge on any atom is 0.122 e. The van der Waals surface area contributed by atoms with Gasteiger partial charge in [-0.25, -0.2) is 0 Å². The molecule has 0 saturated carbocycles. The van der Waals surface area contributed by atoms with Crippen molar-refractivity contribution in [3.63, 3.8) is 0 Å². The second-order valence-electron chi connectivity index (χ2n) is 6.75. The summed E-state index contributed by atoms with van der Waals surface area (Å²) in [6.45, 7) is 0.629. The van der Waals surface area contributed by atoms with E-state index in [1.807, 2.05) is 12.1 Å². The Morgan fingerprint density at radius 2 is 1.56 bits per heavy atom. The monoisotopic (exact) mass is 329 g/mol. The van der Waals surface area contributed by atoms with Gasteiger partial charge in [0.15, 0.2) is 0 Å². The maximum absolute atomic E-state index is 6.38. The standard InChI is InChI=1S/C23H23NO/c24-22-15-18-10-4-6-12-20(18)21(22)16-25-23-13-7-5-11-19(23)14-17-8-2-1-3-9-17/h1-13,21-22H,14-16,24H2. The first-order valence-electron chi connectivity index (χ1n) is 8.89. The molecule has 2 unspecified atom stereocenters. The topological polar surface area (TPSA) is 35.2 Å². The van der Waals surface area contributed by atoms with E-state index in [0.717, 1.165) is 18.6 Å². The van der Waals surface area contributed by atoms with Crippen LogP contribution in [0.4, 0.5) is 0 Å². The molecule has 0 spiro atoms. The van der Waals surface area contributed by atoms with Gasteiger partial charge in [0.1, 0.15) is 5.75 Å². The molecular formula is C23H23NO. The fourth-order valence-electron chi connectivity index (χ4n) is 3.71. The Morgan fingerprint density at radius 1 is 0.840 bits per heavy atom. The minimum Gasteiger partial charge on any atom is -0.493 e. The van der Waals surface area contributed by atoms with Gasteiger partial charge in [-0.15, -0.1) is 0 Å². The largest absolute Gasteiger partial charge is 0.493 e. The molecule has 2 N–H and O–H groups in total. The van der Waals surface area contributed by atoms with E-state index >= 15 is 0 Å². The third kappa shape index (κ3) is 3.45. The number of hydrogen-bond acceptors (Lipinski definition) is 2. The van der Waals surface area contributed by atoms with Gasteiger partial charge in [0.05, 0.1) is 6.61 Å². The van der Waals surface area contributed by atoms with Crippen molar-refractivity contribution in [1.82, 2.24) is 0 Å². The molecule has 0 heterocycles. The van der Waals surface area contributed by atoms with E-state index in [-0.39, 0.29) is 12.0 Å². The number of hydrogen-bond donors (Lipinski definition) is 1. The molecule has 1 aliphatic carbocycles. The highest BCUT2D eigenvalue weighted by Gasteiger charge is 2.30. The van der Waals surface area contributed by atoms with E-state index < -0.39 is 0 Å². The summed E-state index contributed by atoms with van der Waals surface area (Å²) in [5.41, 5.74) is 11.6. The van der Waals surface area contributed by atoms with E-state index in [4.69, 9.17) is 10.5 Å². The van der Waals surface area contributed by atoms with Crippen molar-refractivity contribution in [2.24, 2.45) is 5.73 Å². The molecule has 0 aliphatic heterocycles. The van der Waals surface area contributed by atoms with Gasteiger partial charge in [-0.2, -0.15) is 0 Å². The van der Waals surface area contributed by atoms with Crippen LogP contribution in [0.15, 0.2) is 78.9 Å². The van der Waals surface area contributed by atoms with Gasteiger partial charge in [0.2, 0.25) is 0 Å². The third-order valence-corrected chi connectivity index (χ3v) is 5.06. The Labute approximate surface area is 149 Å². The molecule has 4 rings (SSSR count). The number of nitrogens with two attached hydrogens (primary N) is 1. The lowest BCUT2D eigenvalue weighted by molar-refractivity contribution is 0.274. The molecule has 2 atom stereocenters. The van der Waals surface area contributed by atoms with Crippen LogP contribution in [0, 0.1) is 0 Å². The highest BCUT2D eigenvalue weighted by atomic mass is 16.5. The lowest BCUT2D eigenvalue weighted by Crippen LogP contribution is -2.29. The SMILES string of the molecule is NC1Cc2ccccc2C1COc1ccccc1Cc1ccccc1. The second kappa shape index (κ2) is 7.12. The van der Waals surface area contributed by atoms with Gasteiger partial charge in [-0.1, -0.05) is 72.8 Å². The Balaban J connectivity index is 1.50. The highest BCUT2D eigenvalue weighted by Crippen LogP contribution is 2.33. The normalized spacial score (nSPS) is 18.8. The molecular weight excluding hydrogens is 306 g/mol. The number of fused-ring (bicyclic) bond motifs is 1. The molecule has 0 radical (unpaired) electrons. The molecule has 3 aromatic rings. The van der Waals surface area contributed by atoms with Crippen molar-refractivity contribution in [2.45, 2.75) is 24.8 Å². The number of para-hydroxylation sites is 1. The average Bonchev–Trinajstić information content (AvgIpc) is 2.97. The minimum atomic E-state index is 0.138. The van der Waals surface area contributed by atoms with E-state index in [2.05, 4.69) is 66.7 Å². The fourth-order valence-corrected chi connectivity index (χ4v) is 3.71. The number of ether oxygens (including phenoxy) is 1. The first-order valence-corrected chi connectivity index (χ1v) is 8.89.